The first-order chi connectivity index (χ1) is 12.8. The summed E-state index contributed by atoms with van der Waals surface area (Å²) in [5, 5.41) is 3.16. The van der Waals surface area contributed by atoms with Gasteiger partial charge in [-0.2, -0.15) is 0 Å². The molecule has 2 heterocycles. The van der Waals surface area contributed by atoms with E-state index in [0.29, 0.717) is 0 Å². The molecule has 0 radical (unpaired) electrons. The van der Waals surface area contributed by atoms with Gasteiger partial charge in [0, 0.05) is 17.7 Å². The number of aromatic nitrogens is 2. The lowest BCUT2D eigenvalue weighted by molar-refractivity contribution is -0.120. The van der Waals surface area contributed by atoms with Gasteiger partial charge in [0.1, 0.15) is 22.9 Å². The topological polar surface area (TPSA) is 55.6 Å². The molecule has 0 bridgehead atoms. The van der Waals surface area contributed by atoms with Crippen LogP contribution in [-0.4, -0.2) is 22.4 Å². The van der Waals surface area contributed by atoms with E-state index in [1.165, 1.54) is 6.42 Å². The summed E-state index contributed by atoms with van der Waals surface area (Å²) < 4.78 is 7.28. The third-order valence-electron chi connectivity index (χ3n) is 5.09. The lowest BCUT2D eigenvalue weighted by Crippen LogP contribution is -2.25. The van der Waals surface area contributed by atoms with E-state index in [-0.39, 0.29) is 11.8 Å². The van der Waals surface area contributed by atoms with Gasteiger partial charge < -0.3 is 10.1 Å². The summed E-state index contributed by atoms with van der Waals surface area (Å²) in [7, 11) is 1.65. The van der Waals surface area contributed by atoms with Crippen molar-refractivity contribution in [1.82, 2.24) is 9.38 Å². The van der Waals surface area contributed by atoms with E-state index in [2.05, 4.69) is 5.32 Å². The summed E-state index contributed by atoms with van der Waals surface area (Å²) in [4.78, 5) is 17.6. The summed E-state index contributed by atoms with van der Waals surface area (Å²) in [5.74, 6) is 1.68. The molecule has 1 N–H and O–H groups in total. The number of ether oxygens (including phenoxy) is 1. The Morgan fingerprint density at radius 3 is 2.81 bits per heavy atom. The minimum absolute atomic E-state index is 0.0937. The standard InChI is InChI=1S/C21H23N3O2/c1-26-17-11-7-10-16(14-17)19-20(24-13-6-5-12-18(24)22-19)23-21(25)15-8-3-2-4-9-15/h5-7,10-15H,2-4,8-9H2,1H3,(H,23,25). The van der Waals surface area contributed by atoms with Gasteiger partial charge in [-0.15, -0.1) is 0 Å². The van der Waals surface area contributed by atoms with E-state index in [0.717, 1.165) is 54.2 Å². The van der Waals surface area contributed by atoms with Crippen LogP contribution in [0.2, 0.25) is 0 Å². The fourth-order valence-electron chi connectivity index (χ4n) is 3.67. The zero-order chi connectivity index (χ0) is 17.9. The Bertz CT molecular complexity index is 926. The molecule has 1 amide bonds. The number of anilines is 1. The second-order valence-corrected chi connectivity index (χ2v) is 6.79. The summed E-state index contributed by atoms with van der Waals surface area (Å²) in [6, 6.07) is 13.6. The zero-order valence-electron chi connectivity index (χ0n) is 14.9. The molecule has 1 aliphatic carbocycles. The number of hydrogen-bond donors (Lipinski definition) is 1. The summed E-state index contributed by atoms with van der Waals surface area (Å²) in [6.07, 6.45) is 7.37. The maximum absolute atomic E-state index is 12.8. The molecule has 1 aliphatic rings. The van der Waals surface area contributed by atoms with Crippen molar-refractivity contribution in [3.05, 3.63) is 48.7 Å². The van der Waals surface area contributed by atoms with E-state index in [4.69, 9.17) is 9.72 Å². The maximum Gasteiger partial charge on any atom is 0.228 e. The molecule has 26 heavy (non-hydrogen) atoms. The molecule has 3 aromatic rings. The Labute approximate surface area is 153 Å². The number of benzene rings is 1. The van der Waals surface area contributed by atoms with Gasteiger partial charge in [-0.25, -0.2) is 4.98 Å². The molecule has 1 aromatic carbocycles. The van der Waals surface area contributed by atoms with Crippen molar-refractivity contribution in [2.75, 3.05) is 12.4 Å². The summed E-state index contributed by atoms with van der Waals surface area (Å²) in [5.41, 5.74) is 2.50. The molecule has 5 heteroatoms. The van der Waals surface area contributed by atoms with Gasteiger partial charge in [0.05, 0.1) is 7.11 Å². The van der Waals surface area contributed by atoms with Crippen LogP contribution in [0.1, 0.15) is 32.1 Å². The van der Waals surface area contributed by atoms with Crippen LogP contribution in [0, 0.1) is 5.92 Å². The van der Waals surface area contributed by atoms with E-state index < -0.39 is 0 Å². The van der Waals surface area contributed by atoms with Crippen LogP contribution in [0.25, 0.3) is 16.9 Å². The molecule has 0 saturated heterocycles. The number of rotatable bonds is 4. The van der Waals surface area contributed by atoms with Crippen LogP contribution in [0.4, 0.5) is 5.82 Å². The lowest BCUT2D eigenvalue weighted by Gasteiger charge is -2.21. The van der Waals surface area contributed by atoms with Crippen LogP contribution in [0.3, 0.4) is 0 Å². The number of carbonyl (C=O) groups is 1. The van der Waals surface area contributed by atoms with Gasteiger partial charge in [-0.3, -0.25) is 9.20 Å². The molecule has 4 rings (SSSR count). The third-order valence-corrected chi connectivity index (χ3v) is 5.09. The number of carbonyl (C=O) groups excluding carboxylic acids is 1. The van der Waals surface area contributed by atoms with Gasteiger partial charge >= 0.3 is 0 Å². The molecule has 2 aromatic heterocycles. The molecule has 0 atom stereocenters. The molecule has 0 unspecified atom stereocenters. The van der Waals surface area contributed by atoms with Crippen molar-refractivity contribution in [3.8, 4) is 17.0 Å². The molecule has 1 saturated carbocycles. The fourth-order valence-corrected chi connectivity index (χ4v) is 3.67. The Morgan fingerprint density at radius 1 is 1.15 bits per heavy atom. The van der Waals surface area contributed by atoms with Crippen LogP contribution in [0.5, 0.6) is 5.75 Å². The van der Waals surface area contributed by atoms with Gasteiger partial charge in [-0.1, -0.05) is 37.5 Å². The lowest BCUT2D eigenvalue weighted by atomic mass is 9.88. The zero-order valence-corrected chi connectivity index (χ0v) is 14.9. The van der Waals surface area contributed by atoms with E-state index in [1.54, 1.807) is 7.11 Å². The normalized spacial score (nSPS) is 15.1. The highest BCUT2D eigenvalue weighted by Gasteiger charge is 2.24. The first kappa shape index (κ1) is 16.6. The van der Waals surface area contributed by atoms with Crippen molar-refractivity contribution < 1.29 is 9.53 Å². The predicted molar refractivity (Wildman–Crippen MR) is 102 cm³/mol. The largest absolute Gasteiger partial charge is 0.497 e. The average molecular weight is 349 g/mol. The third kappa shape index (κ3) is 3.17. The number of fused-ring (bicyclic) bond motifs is 1. The maximum atomic E-state index is 12.8. The van der Waals surface area contributed by atoms with Gasteiger partial charge in [0.15, 0.2) is 0 Å². The van der Waals surface area contributed by atoms with Crippen molar-refractivity contribution in [2.24, 2.45) is 5.92 Å². The Balaban J connectivity index is 1.75. The average Bonchev–Trinajstić information content (AvgIpc) is 3.07. The van der Waals surface area contributed by atoms with Gasteiger partial charge in [0.2, 0.25) is 5.91 Å². The number of nitrogens with one attached hydrogen (secondary N) is 1. The van der Waals surface area contributed by atoms with Crippen molar-refractivity contribution in [3.63, 3.8) is 0 Å². The van der Waals surface area contributed by atoms with Gasteiger partial charge in [-0.05, 0) is 37.1 Å². The molecular weight excluding hydrogens is 326 g/mol. The van der Waals surface area contributed by atoms with E-state index in [9.17, 15) is 4.79 Å². The number of pyridine rings is 1. The second kappa shape index (κ2) is 7.20. The van der Waals surface area contributed by atoms with Crippen LogP contribution >= 0.6 is 0 Å². The smallest absolute Gasteiger partial charge is 0.228 e. The highest BCUT2D eigenvalue weighted by Crippen LogP contribution is 2.32. The Kier molecular flexibility index (Phi) is 4.61. The van der Waals surface area contributed by atoms with Crippen molar-refractivity contribution in [1.29, 1.82) is 0 Å². The van der Waals surface area contributed by atoms with Crippen LogP contribution < -0.4 is 10.1 Å². The quantitative estimate of drug-likeness (QED) is 0.753. The number of amides is 1. The molecule has 0 aliphatic heterocycles. The van der Waals surface area contributed by atoms with Crippen LogP contribution in [-0.2, 0) is 4.79 Å². The fraction of sp³-hybridized carbons (Fsp3) is 0.333. The molecule has 5 nitrogen and oxygen atoms in total. The second-order valence-electron chi connectivity index (χ2n) is 6.79. The summed E-state index contributed by atoms with van der Waals surface area (Å²) >= 11 is 0. The minimum Gasteiger partial charge on any atom is -0.497 e. The van der Waals surface area contributed by atoms with E-state index in [1.807, 2.05) is 53.1 Å². The number of hydrogen-bond acceptors (Lipinski definition) is 3. The first-order valence-electron chi connectivity index (χ1n) is 9.18. The monoisotopic (exact) mass is 349 g/mol. The van der Waals surface area contributed by atoms with E-state index >= 15 is 0 Å². The predicted octanol–water partition coefficient (Wildman–Crippen LogP) is 4.53. The molecule has 0 spiro atoms. The highest BCUT2D eigenvalue weighted by molar-refractivity contribution is 5.96. The highest BCUT2D eigenvalue weighted by atomic mass is 16.5. The number of imidazole rings is 1. The molecular formula is C21H23N3O2. The Morgan fingerprint density at radius 2 is 2.00 bits per heavy atom. The van der Waals surface area contributed by atoms with Crippen LogP contribution in [0.15, 0.2) is 48.7 Å². The SMILES string of the molecule is COc1cccc(-c2nc3ccccn3c2NC(=O)C2CCCCC2)c1. The van der Waals surface area contributed by atoms with Crippen molar-refractivity contribution >= 4 is 17.4 Å². The minimum atomic E-state index is 0.0937. The molecule has 1 fully saturated rings. The Hall–Kier alpha value is -2.82. The number of nitrogens with zero attached hydrogens (tertiary/aromatic N) is 2. The summed E-state index contributed by atoms with van der Waals surface area (Å²) in [6.45, 7) is 0. The van der Waals surface area contributed by atoms with Gasteiger partial charge in [0.25, 0.3) is 0 Å². The molecule has 134 valence electrons. The first-order valence-corrected chi connectivity index (χ1v) is 9.18. The van der Waals surface area contributed by atoms with Crippen molar-refractivity contribution in [2.45, 2.75) is 32.1 Å². The number of methoxy groups -OCH3 is 1.